The van der Waals surface area contributed by atoms with Crippen LogP contribution in [0.1, 0.15) is 34.8 Å². The van der Waals surface area contributed by atoms with Gasteiger partial charge in [0.15, 0.2) is 0 Å². The Balaban J connectivity index is 1.69. The third kappa shape index (κ3) is 3.08. The van der Waals surface area contributed by atoms with E-state index < -0.39 is 0 Å². The van der Waals surface area contributed by atoms with Crippen LogP contribution in [-0.2, 0) is 19.7 Å². The minimum absolute atomic E-state index is 0.0204. The Morgan fingerprint density at radius 1 is 1.26 bits per heavy atom. The Kier molecular flexibility index (Phi) is 3.73. The van der Waals surface area contributed by atoms with Crippen LogP contribution in [-0.4, -0.2) is 16.0 Å². The molecular weight excluding hydrogens is 258 g/mol. The van der Waals surface area contributed by atoms with Crippen LogP contribution >= 0.6 is 11.3 Å². The third-order valence-corrected chi connectivity index (χ3v) is 4.62. The Morgan fingerprint density at radius 2 is 2.05 bits per heavy atom. The molecule has 0 spiro atoms. The van der Waals surface area contributed by atoms with E-state index in [1.807, 2.05) is 23.5 Å². The number of thiophene rings is 1. The second-order valence-electron chi connectivity index (χ2n) is 5.19. The van der Waals surface area contributed by atoms with E-state index in [2.05, 4.69) is 23.3 Å². The van der Waals surface area contributed by atoms with Crippen molar-refractivity contribution in [2.24, 2.45) is 0 Å². The number of hydrogen-bond acceptors (Lipinski definition) is 4. The molecule has 19 heavy (non-hydrogen) atoms. The molecule has 0 aromatic carbocycles. The number of hydrogen-bond donors (Lipinski definition) is 1. The molecule has 0 amide bonds. The molecule has 1 aliphatic carbocycles. The lowest BCUT2D eigenvalue weighted by atomic mass is 10.2. The SMILES string of the molecule is Cc1ccsc1CN(Cc1ccc(CO)o1)C1CC1. The van der Waals surface area contributed by atoms with Crippen molar-refractivity contribution in [2.45, 2.75) is 45.5 Å². The van der Waals surface area contributed by atoms with Crippen LogP contribution in [0.25, 0.3) is 0 Å². The van der Waals surface area contributed by atoms with Crippen molar-refractivity contribution >= 4 is 11.3 Å². The molecule has 2 heterocycles. The van der Waals surface area contributed by atoms with Crippen molar-refractivity contribution in [3.05, 3.63) is 45.5 Å². The lowest BCUT2D eigenvalue weighted by Crippen LogP contribution is -2.24. The Labute approximate surface area is 117 Å². The van der Waals surface area contributed by atoms with Crippen molar-refractivity contribution < 1.29 is 9.52 Å². The zero-order chi connectivity index (χ0) is 13.2. The van der Waals surface area contributed by atoms with Gasteiger partial charge in [-0.25, -0.2) is 0 Å². The highest BCUT2D eigenvalue weighted by Crippen LogP contribution is 2.31. The highest BCUT2D eigenvalue weighted by atomic mass is 32.1. The highest BCUT2D eigenvalue weighted by molar-refractivity contribution is 7.10. The van der Waals surface area contributed by atoms with E-state index in [4.69, 9.17) is 9.52 Å². The Hall–Kier alpha value is -1.10. The lowest BCUT2D eigenvalue weighted by molar-refractivity contribution is 0.209. The van der Waals surface area contributed by atoms with Crippen molar-refractivity contribution in [2.75, 3.05) is 0 Å². The van der Waals surface area contributed by atoms with Crippen molar-refractivity contribution in [1.29, 1.82) is 0 Å². The summed E-state index contributed by atoms with van der Waals surface area (Å²) in [4.78, 5) is 3.93. The maximum absolute atomic E-state index is 9.04. The molecule has 0 unspecified atom stereocenters. The number of rotatable bonds is 6. The van der Waals surface area contributed by atoms with Gasteiger partial charge in [0.05, 0.1) is 6.54 Å². The number of nitrogens with zero attached hydrogens (tertiary/aromatic N) is 1. The van der Waals surface area contributed by atoms with Gasteiger partial charge < -0.3 is 9.52 Å². The Bertz CT molecular complexity index is 542. The van der Waals surface area contributed by atoms with E-state index in [9.17, 15) is 0 Å². The summed E-state index contributed by atoms with van der Waals surface area (Å²) in [6, 6.07) is 6.71. The van der Waals surface area contributed by atoms with E-state index in [1.165, 1.54) is 23.3 Å². The number of furan rings is 1. The molecular formula is C15H19NO2S. The fourth-order valence-corrected chi connectivity index (χ4v) is 3.23. The number of aliphatic hydroxyl groups is 1. The minimum atomic E-state index is -0.0204. The summed E-state index contributed by atoms with van der Waals surface area (Å²) < 4.78 is 5.60. The lowest BCUT2D eigenvalue weighted by Gasteiger charge is -2.20. The van der Waals surface area contributed by atoms with Crippen molar-refractivity contribution in [3.63, 3.8) is 0 Å². The predicted molar refractivity (Wildman–Crippen MR) is 76.0 cm³/mol. The van der Waals surface area contributed by atoms with Crippen LogP contribution in [0.2, 0.25) is 0 Å². The molecule has 0 radical (unpaired) electrons. The van der Waals surface area contributed by atoms with Gasteiger partial charge in [0.25, 0.3) is 0 Å². The second kappa shape index (κ2) is 5.49. The van der Waals surface area contributed by atoms with Crippen LogP contribution in [0.5, 0.6) is 0 Å². The van der Waals surface area contributed by atoms with Gasteiger partial charge in [-0.2, -0.15) is 0 Å². The van der Waals surface area contributed by atoms with E-state index in [0.29, 0.717) is 11.8 Å². The number of aryl methyl sites for hydroxylation is 1. The molecule has 4 heteroatoms. The molecule has 1 saturated carbocycles. The summed E-state index contributed by atoms with van der Waals surface area (Å²) in [5.41, 5.74) is 1.38. The fourth-order valence-electron chi connectivity index (χ4n) is 2.30. The topological polar surface area (TPSA) is 36.6 Å². The molecule has 1 fully saturated rings. The van der Waals surface area contributed by atoms with Gasteiger partial charge in [-0.1, -0.05) is 0 Å². The van der Waals surface area contributed by atoms with E-state index in [1.54, 1.807) is 0 Å². The van der Waals surface area contributed by atoms with Crippen LogP contribution in [0, 0.1) is 6.92 Å². The molecule has 102 valence electrons. The average molecular weight is 277 g/mol. The zero-order valence-electron chi connectivity index (χ0n) is 11.1. The first-order chi connectivity index (χ1) is 9.26. The average Bonchev–Trinajstić information content (AvgIpc) is 3.04. The molecule has 2 aromatic rings. The predicted octanol–water partition coefficient (Wildman–Crippen LogP) is 3.31. The summed E-state index contributed by atoms with van der Waals surface area (Å²) in [6.07, 6.45) is 2.58. The third-order valence-electron chi connectivity index (χ3n) is 3.61. The minimum Gasteiger partial charge on any atom is -0.462 e. The second-order valence-corrected chi connectivity index (χ2v) is 6.19. The largest absolute Gasteiger partial charge is 0.462 e. The maximum Gasteiger partial charge on any atom is 0.129 e. The number of aliphatic hydroxyl groups excluding tert-OH is 1. The van der Waals surface area contributed by atoms with Crippen LogP contribution in [0.3, 0.4) is 0 Å². The molecule has 1 aliphatic rings. The van der Waals surface area contributed by atoms with Crippen molar-refractivity contribution in [3.8, 4) is 0 Å². The molecule has 3 rings (SSSR count). The van der Waals surface area contributed by atoms with Gasteiger partial charge in [0.2, 0.25) is 0 Å². The maximum atomic E-state index is 9.04. The normalized spacial score (nSPS) is 15.3. The van der Waals surface area contributed by atoms with Gasteiger partial charge in [0.1, 0.15) is 18.1 Å². The van der Waals surface area contributed by atoms with Crippen LogP contribution in [0.4, 0.5) is 0 Å². The standard InChI is InChI=1S/C15H19NO2S/c1-11-6-7-19-15(11)9-16(12-2-3-12)8-13-4-5-14(10-17)18-13/h4-7,12,17H,2-3,8-10H2,1H3. The Morgan fingerprint density at radius 3 is 2.63 bits per heavy atom. The van der Waals surface area contributed by atoms with E-state index in [-0.39, 0.29) is 6.61 Å². The van der Waals surface area contributed by atoms with E-state index in [0.717, 1.165) is 18.8 Å². The summed E-state index contributed by atoms with van der Waals surface area (Å²) in [5.74, 6) is 1.60. The summed E-state index contributed by atoms with van der Waals surface area (Å²) in [6.45, 7) is 3.99. The highest BCUT2D eigenvalue weighted by Gasteiger charge is 2.30. The zero-order valence-corrected chi connectivity index (χ0v) is 11.9. The van der Waals surface area contributed by atoms with Gasteiger partial charge in [0, 0.05) is 17.5 Å². The first kappa shape index (κ1) is 12.9. The molecule has 2 aromatic heterocycles. The first-order valence-corrected chi connectivity index (χ1v) is 7.59. The molecule has 1 N–H and O–H groups in total. The first-order valence-electron chi connectivity index (χ1n) is 6.71. The molecule has 0 aliphatic heterocycles. The molecule has 0 atom stereocenters. The van der Waals surface area contributed by atoms with Gasteiger partial charge in [-0.3, -0.25) is 4.90 Å². The van der Waals surface area contributed by atoms with Gasteiger partial charge >= 0.3 is 0 Å². The van der Waals surface area contributed by atoms with E-state index >= 15 is 0 Å². The van der Waals surface area contributed by atoms with Crippen LogP contribution < -0.4 is 0 Å². The molecule has 0 bridgehead atoms. The fraction of sp³-hybridized carbons (Fsp3) is 0.467. The smallest absolute Gasteiger partial charge is 0.129 e. The monoisotopic (exact) mass is 277 g/mol. The molecule has 3 nitrogen and oxygen atoms in total. The van der Waals surface area contributed by atoms with Crippen LogP contribution in [0.15, 0.2) is 28.0 Å². The van der Waals surface area contributed by atoms with Crippen molar-refractivity contribution in [1.82, 2.24) is 4.90 Å². The molecule has 0 saturated heterocycles. The summed E-state index contributed by atoms with van der Waals surface area (Å²) in [5, 5.41) is 11.2. The van der Waals surface area contributed by atoms with Gasteiger partial charge in [-0.05, 0) is 48.9 Å². The summed E-state index contributed by atoms with van der Waals surface area (Å²) in [7, 11) is 0. The van der Waals surface area contributed by atoms with Gasteiger partial charge in [-0.15, -0.1) is 11.3 Å². The summed E-state index contributed by atoms with van der Waals surface area (Å²) >= 11 is 1.83. The quantitative estimate of drug-likeness (QED) is 0.880.